The Kier molecular flexibility index (Phi) is 4.84. The summed E-state index contributed by atoms with van der Waals surface area (Å²) in [6.45, 7) is 1.98. The highest BCUT2D eigenvalue weighted by Crippen LogP contribution is 2.24. The van der Waals surface area contributed by atoms with Crippen molar-refractivity contribution in [2.45, 2.75) is 32.1 Å². The van der Waals surface area contributed by atoms with E-state index in [2.05, 4.69) is 4.57 Å². The molecule has 0 saturated carbocycles. The van der Waals surface area contributed by atoms with Gasteiger partial charge in [0.15, 0.2) is 0 Å². The number of aromatic nitrogens is 2. The van der Waals surface area contributed by atoms with Crippen LogP contribution in [0.3, 0.4) is 0 Å². The Morgan fingerprint density at radius 3 is 2.68 bits per heavy atom. The predicted molar refractivity (Wildman–Crippen MR) is 99.5 cm³/mol. The van der Waals surface area contributed by atoms with E-state index in [9.17, 15) is 0 Å². The molecule has 130 valence electrons. The fraction of sp³-hybridized carbons (Fsp3) is 0.316. The number of hydrogen-bond acceptors (Lipinski definition) is 3. The van der Waals surface area contributed by atoms with E-state index in [0.717, 1.165) is 48.6 Å². The summed E-state index contributed by atoms with van der Waals surface area (Å²) in [6.07, 6.45) is 2.41. The van der Waals surface area contributed by atoms with Crippen LogP contribution in [-0.2, 0) is 17.9 Å². The van der Waals surface area contributed by atoms with Crippen LogP contribution in [0.1, 0.15) is 18.7 Å². The van der Waals surface area contributed by atoms with Gasteiger partial charge in [-0.2, -0.15) is 0 Å². The molecule has 2 aromatic carbocycles. The number of hydrogen-bond donors (Lipinski definition) is 0. The van der Waals surface area contributed by atoms with E-state index in [1.165, 1.54) is 0 Å². The maximum Gasteiger partial charge on any atom is 0.148 e. The van der Waals surface area contributed by atoms with Gasteiger partial charge >= 0.3 is 0 Å². The zero-order valence-corrected chi connectivity index (χ0v) is 15.1. The van der Waals surface area contributed by atoms with Gasteiger partial charge in [-0.05, 0) is 55.3 Å². The lowest BCUT2D eigenvalue weighted by Gasteiger charge is -2.14. The first-order valence-corrected chi connectivity index (χ1v) is 9.09. The van der Waals surface area contributed by atoms with E-state index in [0.29, 0.717) is 16.7 Å². The molecule has 1 aliphatic heterocycles. The molecule has 4 nitrogen and oxygen atoms in total. The van der Waals surface area contributed by atoms with Crippen molar-refractivity contribution < 1.29 is 9.47 Å². The van der Waals surface area contributed by atoms with Crippen molar-refractivity contribution in [3.8, 4) is 5.75 Å². The van der Waals surface area contributed by atoms with Gasteiger partial charge in [0, 0.05) is 16.7 Å². The standard InChI is InChI=1S/C19H18Cl2N2O2/c20-13-3-6-15(7-4-13)25-12-19-22-17-10-14(21)5-8-18(17)23(19)11-16-2-1-9-24-16/h3-8,10,16H,1-2,9,11-12H2. The van der Waals surface area contributed by atoms with Crippen LogP contribution in [0.4, 0.5) is 0 Å². The Bertz CT molecular complexity index is 871. The number of ether oxygens (including phenoxy) is 2. The zero-order valence-electron chi connectivity index (χ0n) is 13.6. The molecule has 0 amide bonds. The molecule has 3 aromatic rings. The van der Waals surface area contributed by atoms with Gasteiger partial charge in [0.25, 0.3) is 0 Å². The first kappa shape index (κ1) is 16.7. The van der Waals surface area contributed by atoms with Crippen molar-refractivity contribution in [3.05, 3.63) is 58.3 Å². The fourth-order valence-electron chi connectivity index (χ4n) is 3.14. The third-order valence-corrected chi connectivity index (χ3v) is 4.87. The zero-order chi connectivity index (χ0) is 17.2. The van der Waals surface area contributed by atoms with E-state index < -0.39 is 0 Å². The summed E-state index contributed by atoms with van der Waals surface area (Å²) in [5.41, 5.74) is 1.93. The summed E-state index contributed by atoms with van der Waals surface area (Å²) in [5, 5.41) is 1.37. The summed E-state index contributed by atoms with van der Waals surface area (Å²) in [6, 6.07) is 13.1. The smallest absolute Gasteiger partial charge is 0.148 e. The Labute approximate surface area is 156 Å². The molecule has 25 heavy (non-hydrogen) atoms. The van der Waals surface area contributed by atoms with Gasteiger partial charge in [-0.3, -0.25) is 0 Å². The number of fused-ring (bicyclic) bond motifs is 1. The molecule has 0 spiro atoms. The Morgan fingerprint density at radius 2 is 1.92 bits per heavy atom. The SMILES string of the molecule is Clc1ccc(OCc2nc3cc(Cl)ccc3n2CC2CCCO2)cc1. The van der Waals surface area contributed by atoms with Crippen molar-refractivity contribution >= 4 is 34.2 Å². The molecule has 0 aliphatic carbocycles. The largest absolute Gasteiger partial charge is 0.486 e. The highest BCUT2D eigenvalue weighted by Gasteiger charge is 2.20. The first-order chi connectivity index (χ1) is 12.2. The number of benzene rings is 2. The molecular formula is C19H18Cl2N2O2. The van der Waals surface area contributed by atoms with Crippen molar-refractivity contribution in [3.63, 3.8) is 0 Å². The normalized spacial score (nSPS) is 17.3. The average Bonchev–Trinajstić information content (AvgIpc) is 3.23. The molecule has 2 heterocycles. The van der Waals surface area contributed by atoms with E-state index in [1.807, 2.05) is 42.5 Å². The van der Waals surface area contributed by atoms with Gasteiger partial charge in [-0.15, -0.1) is 0 Å². The summed E-state index contributed by atoms with van der Waals surface area (Å²) in [7, 11) is 0. The van der Waals surface area contributed by atoms with Gasteiger partial charge in [-0.1, -0.05) is 23.2 Å². The summed E-state index contributed by atoms with van der Waals surface area (Å²) >= 11 is 12.0. The van der Waals surface area contributed by atoms with Crippen molar-refractivity contribution in [2.24, 2.45) is 0 Å². The van der Waals surface area contributed by atoms with Crippen LogP contribution >= 0.6 is 23.2 Å². The number of imidazole rings is 1. The molecule has 1 aliphatic rings. The van der Waals surface area contributed by atoms with Crippen molar-refractivity contribution in [1.82, 2.24) is 9.55 Å². The highest BCUT2D eigenvalue weighted by molar-refractivity contribution is 6.31. The van der Waals surface area contributed by atoms with Crippen LogP contribution in [0.25, 0.3) is 11.0 Å². The molecule has 0 bridgehead atoms. The van der Waals surface area contributed by atoms with Crippen LogP contribution in [-0.4, -0.2) is 22.3 Å². The quantitative estimate of drug-likeness (QED) is 0.621. The van der Waals surface area contributed by atoms with E-state index >= 15 is 0 Å². The number of rotatable bonds is 5. The first-order valence-electron chi connectivity index (χ1n) is 8.34. The maximum absolute atomic E-state index is 6.12. The van der Waals surface area contributed by atoms with Crippen LogP contribution in [0.2, 0.25) is 10.0 Å². The molecule has 4 rings (SSSR count). The average molecular weight is 377 g/mol. The Morgan fingerprint density at radius 1 is 1.12 bits per heavy atom. The molecular weight excluding hydrogens is 359 g/mol. The van der Waals surface area contributed by atoms with Crippen LogP contribution in [0, 0.1) is 0 Å². The minimum absolute atomic E-state index is 0.224. The van der Waals surface area contributed by atoms with Gasteiger partial charge in [-0.25, -0.2) is 4.98 Å². The lowest BCUT2D eigenvalue weighted by molar-refractivity contribution is 0.0963. The third-order valence-electron chi connectivity index (χ3n) is 4.38. The molecule has 1 fully saturated rings. The highest BCUT2D eigenvalue weighted by atomic mass is 35.5. The maximum atomic E-state index is 6.12. The topological polar surface area (TPSA) is 36.3 Å². The minimum atomic E-state index is 0.224. The van der Waals surface area contributed by atoms with Gasteiger partial charge in [0.2, 0.25) is 0 Å². The molecule has 1 saturated heterocycles. The Balaban J connectivity index is 1.62. The van der Waals surface area contributed by atoms with Gasteiger partial charge in [0.1, 0.15) is 18.2 Å². The van der Waals surface area contributed by atoms with Crippen LogP contribution in [0.15, 0.2) is 42.5 Å². The van der Waals surface area contributed by atoms with E-state index in [1.54, 1.807) is 0 Å². The lowest BCUT2D eigenvalue weighted by Crippen LogP contribution is -2.17. The van der Waals surface area contributed by atoms with E-state index in [4.69, 9.17) is 37.7 Å². The summed E-state index contributed by atoms with van der Waals surface area (Å²) < 4.78 is 13.9. The fourth-order valence-corrected chi connectivity index (χ4v) is 3.43. The summed E-state index contributed by atoms with van der Waals surface area (Å²) in [5.74, 6) is 1.63. The Hall–Kier alpha value is -1.75. The number of nitrogens with zero attached hydrogens (tertiary/aromatic N) is 2. The molecule has 1 unspecified atom stereocenters. The van der Waals surface area contributed by atoms with Crippen molar-refractivity contribution in [1.29, 1.82) is 0 Å². The van der Waals surface area contributed by atoms with Crippen molar-refractivity contribution in [2.75, 3.05) is 6.61 Å². The molecule has 0 radical (unpaired) electrons. The molecule has 6 heteroatoms. The molecule has 1 aromatic heterocycles. The second-order valence-corrected chi connectivity index (χ2v) is 7.02. The van der Waals surface area contributed by atoms with Crippen LogP contribution in [0.5, 0.6) is 5.75 Å². The minimum Gasteiger partial charge on any atom is -0.486 e. The second kappa shape index (κ2) is 7.24. The van der Waals surface area contributed by atoms with E-state index in [-0.39, 0.29) is 6.10 Å². The monoisotopic (exact) mass is 376 g/mol. The predicted octanol–water partition coefficient (Wildman–Crippen LogP) is 5.10. The van der Waals surface area contributed by atoms with Gasteiger partial charge < -0.3 is 14.0 Å². The lowest BCUT2D eigenvalue weighted by atomic mass is 10.2. The molecule has 1 atom stereocenters. The van der Waals surface area contributed by atoms with Crippen LogP contribution < -0.4 is 4.74 Å². The summed E-state index contributed by atoms with van der Waals surface area (Å²) in [4.78, 5) is 4.72. The number of halogens is 2. The second-order valence-electron chi connectivity index (χ2n) is 6.15. The third kappa shape index (κ3) is 3.76. The molecule has 0 N–H and O–H groups in total. The van der Waals surface area contributed by atoms with Gasteiger partial charge in [0.05, 0.1) is 23.7 Å².